The first-order valence-corrected chi connectivity index (χ1v) is 8.23. The number of halogens is 2. The van der Waals surface area contributed by atoms with Gasteiger partial charge >= 0.3 is 0 Å². The highest BCUT2D eigenvalue weighted by atomic mass is 35.5. The molecular weight excluding hydrogens is 333 g/mol. The number of nitrogens with one attached hydrogen (secondary N) is 1. The molecule has 0 aliphatic heterocycles. The molecule has 0 aliphatic rings. The van der Waals surface area contributed by atoms with Crippen molar-refractivity contribution in [3.8, 4) is 5.75 Å². The molecular formula is C18H19Cl2NO2. The Bertz CT molecular complexity index is 688. The van der Waals surface area contributed by atoms with E-state index in [0.29, 0.717) is 21.7 Å². The standard InChI is InChI=1S/C18H19Cl2NO2/c1-3-12(2)14-6-4-5-7-17(14)23-11-18(22)21-16-10-13(19)8-9-15(16)20/h4-10,12H,3,11H2,1-2H3,(H,21,22)/t12-/m1/s1. The zero-order valence-corrected chi connectivity index (χ0v) is 14.6. The van der Waals surface area contributed by atoms with E-state index in [1.165, 1.54) is 0 Å². The third-order valence-electron chi connectivity index (χ3n) is 3.62. The molecule has 0 saturated heterocycles. The number of benzene rings is 2. The highest BCUT2D eigenvalue weighted by Gasteiger charge is 2.12. The molecule has 23 heavy (non-hydrogen) atoms. The quantitative estimate of drug-likeness (QED) is 0.743. The van der Waals surface area contributed by atoms with Crippen molar-refractivity contribution < 1.29 is 9.53 Å². The molecule has 1 amide bonds. The average Bonchev–Trinajstić information content (AvgIpc) is 2.56. The fourth-order valence-electron chi connectivity index (χ4n) is 2.16. The van der Waals surface area contributed by atoms with Crippen LogP contribution in [0.15, 0.2) is 42.5 Å². The fraction of sp³-hybridized carbons (Fsp3) is 0.278. The van der Waals surface area contributed by atoms with E-state index in [1.54, 1.807) is 18.2 Å². The Kier molecular flexibility index (Phi) is 6.31. The van der Waals surface area contributed by atoms with Crippen LogP contribution in [0.2, 0.25) is 10.0 Å². The average molecular weight is 352 g/mol. The van der Waals surface area contributed by atoms with E-state index in [1.807, 2.05) is 24.3 Å². The molecule has 0 saturated carbocycles. The van der Waals surface area contributed by atoms with Crippen molar-refractivity contribution in [3.05, 3.63) is 58.1 Å². The van der Waals surface area contributed by atoms with Gasteiger partial charge in [-0.05, 0) is 42.2 Å². The molecule has 0 radical (unpaired) electrons. The summed E-state index contributed by atoms with van der Waals surface area (Å²) in [5, 5.41) is 3.64. The van der Waals surface area contributed by atoms with Crippen LogP contribution in [0, 0.1) is 0 Å². The van der Waals surface area contributed by atoms with Crippen molar-refractivity contribution in [1.29, 1.82) is 0 Å². The van der Waals surface area contributed by atoms with Crippen LogP contribution in [0.1, 0.15) is 31.7 Å². The second-order valence-corrected chi connectivity index (χ2v) is 6.15. The smallest absolute Gasteiger partial charge is 0.262 e. The Morgan fingerprint density at radius 3 is 2.70 bits per heavy atom. The highest BCUT2D eigenvalue weighted by molar-refractivity contribution is 6.35. The van der Waals surface area contributed by atoms with Gasteiger partial charge in [-0.2, -0.15) is 0 Å². The van der Waals surface area contributed by atoms with Gasteiger partial charge in [0.1, 0.15) is 5.75 Å². The van der Waals surface area contributed by atoms with Crippen molar-refractivity contribution in [2.45, 2.75) is 26.2 Å². The summed E-state index contributed by atoms with van der Waals surface area (Å²) >= 11 is 11.9. The lowest BCUT2D eigenvalue weighted by Gasteiger charge is -2.15. The van der Waals surface area contributed by atoms with E-state index in [9.17, 15) is 4.79 Å². The number of ether oxygens (including phenoxy) is 1. The Labute approximate surface area is 146 Å². The van der Waals surface area contributed by atoms with Gasteiger partial charge in [0, 0.05) is 5.02 Å². The second-order valence-electron chi connectivity index (χ2n) is 5.31. The predicted octanol–water partition coefficient (Wildman–Crippen LogP) is 5.52. The maximum atomic E-state index is 12.1. The predicted molar refractivity (Wildman–Crippen MR) is 95.7 cm³/mol. The first kappa shape index (κ1) is 17.6. The van der Waals surface area contributed by atoms with Crippen molar-refractivity contribution in [1.82, 2.24) is 0 Å². The van der Waals surface area contributed by atoms with E-state index >= 15 is 0 Å². The molecule has 2 aromatic carbocycles. The Morgan fingerprint density at radius 1 is 1.22 bits per heavy atom. The largest absolute Gasteiger partial charge is 0.483 e. The topological polar surface area (TPSA) is 38.3 Å². The van der Waals surface area contributed by atoms with E-state index in [0.717, 1.165) is 17.7 Å². The third-order valence-corrected chi connectivity index (χ3v) is 4.19. The summed E-state index contributed by atoms with van der Waals surface area (Å²) in [6, 6.07) is 12.7. The van der Waals surface area contributed by atoms with Crippen LogP contribution in [0.25, 0.3) is 0 Å². The molecule has 1 N–H and O–H groups in total. The van der Waals surface area contributed by atoms with Crippen molar-refractivity contribution in [3.63, 3.8) is 0 Å². The molecule has 3 nitrogen and oxygen atoms in total. The van der Waals surface area contributed by atoms with E-state index in [-0.39, 0.29) is 12.5 Å². The SMILES string of the molecule is CC[C@@H](C)c1ccccc1OCC(=O)Nc1cc(Cl)ccc1Cl. The van der Waals surface area contributed by atoms with E-state index in [2.05, 4.69) is 19.2 Å². The lowest BCUT2D eigenvalue weighted by Crippen LogP contribution is -2.20. The number of carbonyl (C=O) groups is 1. The van der Waals surface area contributed by atoms with Crippen LogP contribution in [-0.4, -0.2) is 12.5 Å². The number of carbonyl (C=O) groups excluding carboxylic acids is 1. The summed E-state index contributed by atoms with van der Waals surface area (Å²) in [5.74, 6) is 0.818. The van der Waals surface area contributed by atoms with Gasteiger partial charge in [0.05, 0.1) is 10.7 Å². The molecule has 2 rings (SSSR count). The number of amides is 1. The molecule has 122 valence electrons. The van der Waals surface area contributed by atoms with E-state index in [4.69, 9.17) is 27.9 Å². The molecule has 0 aromatic heterocycles. The fourth-order valence-corrected chi connectivity index (χ4v) is 2.50. The molecule has 0 heterocycles. The normalized spacial score (nSPS) is 11.8. The van der Waals surface area contributed by atoms with Crippen molar-refractivity contribution in [2.24, 2.45) is 0 Å². The molecule has 1 atom stereocenters. The summed E-state index contributed by atoms with van der Waals surface area (Å²) in [4.78, 5) is 12.1. The minimum absolute atomic E-state index is 0.0870. The van der Waals surface area contributed by atoms with Crippen LogP contribution >= 0.6 is 23.2 Å². The lowest BCUT2D eigenvalue weighted by molar-refractivity contribution is -0.118. The third kappa shape index (κ3) is 4.88. The highest BCUT2D eigenvalue weighted by Crippen LogP contribution is 2.29. The molecule has 0 bridgehead atoms. The first-order valence-electron chi connectivity index (χ1n) is 7.48. The van der Waals surface area contributed by atoms with Crippen LogP contribution in [0.5, 0.6) is 5.75 Å². The van der Waals surface area contributed by atoms with Crippen LogP contribution in [0.3, 0.4) is 0 Å². The van der Waals surface area contributed by atoms with Gasteiger partial charge in [0.25, 0.3) is 5.91 Å². The van der Waals surface area contributed by atoms with Crippen molar-refractivity contribution >= 4 is 34.8 Å². The van der Waals surface area contributed by atoms with Gasteiger partial charge in [0.2, 0.25) is 0 Å². The number of hydrogen-bond acceptors (Lipinski definition) is 2. The van der Waals surface area contributed by atoms with Crippen LogP contribution < -0.4 is 10.1 Å². The lowest BCUT2D eigenvalue weighted by atomic mass is 9.98. The van der Waals surface area contributed by atoms with Crippen LogP contribution in [-0.2, 0) is 4.79 Å². The minimum atomic E-state index is -0.284. The number of anilines is 1. The van der Waals surface area contributed by atoms with Crippen molar-refractivity contribution in [2.75, 3.05) is 11.9 Å². The van der Waals surface area contributed by atoms with Crippen LogP contribution in [0.4, 0.5) is 5.69 Å². The number of hydrogen-bond donors (Lipinski definition) is 1. The first-order chi connectivity index (χ1) is 11.0. The molecule has 5 heteroatoms. The van der Waals surface area contributed by atoms with E-state index < -0.39 is 0 Å². The molecule has 0 aliphatic carbocycles. The summed E-state index contributed by atoms with van der Waals surface area (Å²) in [7, 11) is 0. The summed E-state index contributed by atoms with van der Waals surface area (Å²) in [6.07, 6.45) is 1.00. The summed E-state index contributed by atoms with van der Waals surface area (Å²) in [6.45, 7) is 4.17. The minimum Gasteiger partial charge on any atom is -0.483 e. The number of rotatable bonds is 6. The number of para-hydroxylation sites is 1. The maximum absolute atomic E-state index is 12.1. The molecule has 0 spiro atoms. The molecule has 0 unspecified atom stereocenters. The van der Waals surface area contributed by atoms with Gasteiger partial charge in [-0.15, -0.1) is 0 Å². The zero-order valence-electron chi connectivity index (χ0n) is 13.1. The Balaban J connectivity index is 2.01. The summed E-state index contributed by atoms with van der Waals surface area (Å²) < 4.78 is 5.68. The van der Waals surface area contributed by atoms with Gasteiger partial charge in [-0.1, -0.05) is 55.2 Å². The summed E-state index contributed by atoms with van der Waals surface area (Å²) in [5.41, 5.74) is 1.58. The van der Waals surface area contributed by atoms with Gasteiger partial charge in [0.15, 0.2) is 6.61 Å². The van der Waals surface area contributed by atoms with Gasteiger partial charge in [-0.25, -0.2) is 0 Å². The Morgan fingerprint density at radius 2 is 1.96 bits per heavy atom. The Hall–Kier alpha value is -1.71. The van der Waals surface area contributed by atoms with Gasteiger partial charge < -0.3 is 10.1 Å². The monoisotopic (exact) mass is 351 g/mol. The molecule has 0 fully saturated rings. The second kappa shape index (κ2) is 8.23. The van der Waals surface area contributed by atoms with Gasteiger partial charge in [-0.3, -0.25) is 4.79 Å². The molecule has 2 aromatic rings. The zero-order chi connectivity index (χ0) is 16.8. The maximum Gasteiger partial charge on any atom is 0.262 e.